The van der Waals surface area contributed by atoms with E-state index in [4.69, 9.17) is 0 Å². The monoisotopic (exact) mass is 371 g/mol. The molecular weight excluding hydrogens is 350 g/mol. The van der Waals surface area contributed by atoms with Crippen molar-refractivity contribution in [2.24, 2.45) is 0 Å². The number of hydrogen-bond donors (Lipinski definition) is 2. The molecule has 5 rings (SSSR count). The number of benzene rings is 2. The van der Waals surface area contributed by atoms with Crippen molar-refractivity contribution >= 4 is 33.6 Å². The Hall–Kier alpha value is -3.34. The summed E-state index contributed by atoms with van der Waals surface area (Å²) in [6.07, 6.45) is 3.76. The molecule has 3 heterocycles. The van der Waals surface area contributed by atoms with E-state index < -0.39 is 11.8 Å². The molecule has 28 heavy (non-hydrogen) atoms. The van der Waals surface area contributed by atoms with Crippen molar-refractivity contribution in [3.63, 3.8) is 0 Å². The van der Waals surface area contributed by atoms with Crippen LogP contribution in [0.1, 0.15) is 34.1 Å². The number of nitrogens with zero attached hydrogens (tertiary/aromatic N) is 1. The molecule has 2 amide bonds. The largest absolute Gasteiger partial charge is 0.361 e. The minimum absolute atomic E-state index is 0.153. The van der Waals surface area contributed by atoms with Crippen molar-refractivity contribution in [1.82, 2.24) is 14.9 Å². The van der Waals surface area contributed by atoms with Gasteiger partial charge in [0.15, 0.2) is 0 Å². The van der Waals surface area contributed by atoms with Crippen LogP contribution in [0.3, 0.4) is 0 Å². The smallest absolute Gasteiger partial charge is 0.237 e. The highest BCUT2D eigenvalue weighted by Crippen LogP contribution is 2.45. The molecule has 2 unspecified atom stereocenters. The van der Waals surface area contributed by atoms with Gasteiger partial charge < -0.3 is 9.97 Å². The number of aromatic nitrogens is 2. The van der Waals surface area contributed by atoms with Crippen LogP contribution in [0.25, 0.3) is 21.8 Å². The van der Waals surface area contributed by atoms with Crippen molar-refractivity contribution in [3.8, 4) is 0 Å². The maximum atomic E-state index is 13.1. The predicted molar refractivity (Wildman–Crippen MR) is 109 cm³/mol. The number of likely N-dealkylation sites (N-methyl/N-ethyl adjacent to an activating group) is 1. The second-order valence-electron chi connectivity index (χ2n) is 7.78. The molecule has 5 nitrogen and oxygen atoms in total. The van der Waals surface area contributed by atoms with E-state index in [1.165, 1.54) is 4.90 Å². The van der Waals surface area contributed by atoms with Gasteiger partial charge >= 0.3 is 0 Å². The lowest BCUT2D eigenvalue weighted by Gasteiger charge is -2.15. The van der Waals surface area contributed by atoms with Crippen LogP contribution < -0.4 is 0 Å². The van der Waals surface area contributed by atoms with E-state index in [9.17, 15) is 9.59 Å². The summed E-state index contributed by atoms with van der Waals surface area (Å²) < 4.78 is 0. The summed E-state index contributed by atoms with van der Waals surface area (Å²) in [5.74, 6) is -1.38. The normalized spacial score (nSPS) is 20.0. The molecule has 140 valence electrons. The van der Waals surface area contributed by atoms with Gasteiger partial charge in [0, 0.05) is 41.2 Å². The highest BCUT2D eigenvalue weighted by Gasteiger charge is 2.49. The van der Waals surface area contributed by atoms with Crippen molar-refractivity contribution in [2.75, 3.05) is 7.05 Å². The number of imide groups is 1. The van der Waals surface area contributed by atoms with Crippen LogP contribution in [0.5, 0.6) is 0 Å². The summed E-state index contributed by atoms with van der Waals surface area (Å²) in [5, 5.41) is 2.00. The summed E-state index contributed by atoms with van der Waals surface area (Å²) in [6, 6.07) is 12.3. The lowest BCUT2D eigenvalue weighted by Crippen LogP contribution is -2.25. The Morgan fingerprint density at radius 2 is 1.18 bits per heavy atom. The summed E-state index contributed by atoms with van der Waals surface area (Å²) in [5.41, 5.74) is 5.96. The summed E-state index contributed by atoms with van der Waals surface area (Å²) in [6.45, 7) is 4.06. The van der Waals surface area contributed by atoms with Crippen LogP contribution in [0.4, 0.5) is 0 Å². The molecule has 0 radical (unpaired) electrons. The number of nitrogens with one attached hydrogen (secondary N) is 2. The van der Waals surface area contributed by atoms with E-state index in [2.05, 4.69) is 22.1 Å². The van der Waals surface area contributed by atoms with E-state index >= 15 is 0 Å². The van der Waals surface area contributed by atoms with E-state index in [1.807, 2.05) is 50.5 Å². The molecule has 1 aliphatic heterocycles. The van der Waals surface area contributed by atoms with Crippen LogP contribution in [0.15, 0.2) is 48.8 Å². The molecule has 4 aromatic rings. The number of aromatic amines is 2. The maximum Gasteiger partial charge on any atom is 0.237 e. The summed E-state index contributed by atoms with van der Waals surface area (Å²) >= 11 is 0. The van der Waals surface area contributed by atoms with Gasteiger partial charge in [-0.15, -0.1) is 0 Å². The molecule has 1 aliphatic rings. The van der Waals surface area contributed by atoms with Gasteiger partial charge in [0.1, 0.15) is 0 Å². The first kappa shape index (κ1) is 16.8. The number of hydrogen-bond acceptors (Lipinski definition) is 2. The Bertz CT molecular complexity index is 1170. The fraction of sp³-hybridized carbons (Fsp3) is 0.217. The molecule has 2 aromatic carbocycles. The first-order valence-electron chi connectivity index (χ1n) is 9.42. The van der Waals surface area contributed by atoms with Gasteiger partial charge in [0.2, 0.25) is 11.8 Å². The predicted octanol–water partition coefficient (Wildman–Crippen LogP) is 4.13. The van der Waals surface area contributed by atoms with Crippen LogP contribution in [-0.4, -0.2) is 33.7 Å². The highest BCUT2D eigenvalue weighted by molar-refractivity contribution is 6.12. The third kappa shape index (κ3) is 2.26. The molecular formula is C23H21N3O2. The average Bonchev–Trinajstić information content (AvgIpc) is 3.32. The Balaban J connectivity index is 1.74. The minimum atomic E-state index is -0.535. The molecule has 2 atom stereocenters. The second kappa shape index (κ2) is 5.83. The number of aryl methyl sites for hydroxylation is 2. The standard InChI is InChI=1S/C23H21N3O2/c1-12-4-6-18-14(8-12)16(10-24-18)20-21(23(28)26(3)22(20)27)17-11-25-19-7-5-13(2)9-15(17)19/h4-11,20-21,24-25H,1-3H3. The van der Waals surface area contributed by atoms with Gasteiger partial charge in [-0.2, -0.15) is 0 Å². The number of rotatable bonds is 2. The van der Waals surface area contributed by atoms with Crippen molar-refractivity contribution < 1.29 is 9.59 Å². The zero-order chi connectivity index (χ0) is 19.6. The maximum absolute atomic E-state index is 13.1. The number of fused-ring (bicyclic) bond motifs is 2. The zero-order valence-corrected chi connectivity index (χ0v) is 16.0. The van der Waals surface area contributed by atoms with E-state index in [0.717, 1.165) is 44.1 Å². The van der Waals surface area contributed by atoms with E-state index in [0.29, 0.717) is 0 Å². The van der Waals surface area contributed by atoms with Crippen LogP contribution in [0.2, 0.25) is 0 Å². The van der Waals surface area contributed by atoms with Crippen LogP contribution in [0, 0.1) is 13.8 Å². The van der Waals surface area contributed by atoms with E-state index in [-0.39, 0.29) is 11.8 Å². The van der Waals surface area contributed by atoms with Crippen LogP contribution in [-0.2, 0) is 9.59 Å². The molecule has 1 saturated heterocycles. The topological polar surface area (TPSA) is 69.0 Å². The molecule has 0 saturated carbocycles. The molecule has 2 N–H and O–H groups in total. The second-order valence-corrected chi connectivity index (χ2v) is 7.78. The Labute approximate surface area is 162 Å². The molecule has 0 spiro atoms. The number of carbonyl (C=O) groups excluding carboxylic acids is 2. The van der Waals surface area contributed by atoms with Crippen LogP contribution >= 0.6 is 0 Å². The number of likely N-dealkylation sites (tertiary alicyclic amines) is 1. The number of H-pyrrole nitrogens is 2. The number of carbonyl (C=O) groups is 2. The lowest BCUT2D eigenvalue weighted by atomic mass is 9.82. The first-order chi connectivity index (χ1) is 13.5. The van der Waals surface area contributed by atoms with E-state index in [1.54, 1.807) is 7.05 Å². The molecule has 1 fully saturated rings. The average molecular weight is 371 g/mol. The third-order valence-corrected chi connectivity index (χ3v) is 5.94. The SMILES string of the molecule is Cc1ccc2[nH]cc(C3C(=O)N(C)C(=O)C3c3c[nH]c4ccc(C)cc34)c2c1. The molecule has 0 aliphatic carbocycles. The minimum Gasteiger partial charge on any atom is -0.361 e. The summed E-state index contributed by atoms with van der Waals surface area (Å²) in [7, 11) is 1.58. The van der Waals surface area contributed by atoms with Gasteiger partial charge in [-0.25, -0.2) is 0 Å². The third-order valence-electron chi connectivity index (χ3n) is 5.94. The zero-order valence-electron chi connectivity index (χ0n) is 16.0. The van der Waals surface area contributed by atoms with Gasteiger partial charge in [-0.05, 0) is 49.2 Å². The Morgan fingerprint density at radius 1 is 0.750 bits per heavy atom. The first-order valence-corrected chi connectivity index (χ1v) is 9.42. The van der Waals surface area contributed by atoms with Gasteiger partial charge in [-0.3, -0.25) is 14.5 Å². The van der Waals surface area contributed by atoms with Crippen molar-refractivity contribution in [3.05, 3.63) is 71.0 Å². The highest BCUT2D eigenvalue weighted by atomic mass is 16.2. The Kier molecular flexibility index (Phi) is 3.50. The fourth-order valence-corrected chi connectivity index (χ4v) is 4.46. The molecule has 5 heteroatoms. The Morgan fingerprint density at radius 3 is 1.61 bits per heavy atom. The van der Waals surface area contributed by atoms with Crippen molar-refractivity contribution in [1.29, 1.82) is 0 Å². The van der Waals surface area contributed by atoms with Gasteiger partial charge in [0.05, 0.1) is 11.8 Å². The number of amides is 2. The van der Waals surface area contributed by atoms with Gasteiger partial charge in [-0.1, -0.05) is 23.3 Å². The fourth-order valence-electron chi connectivity index (χ4n) is 4.46. The lowest BCUT2D eigenvalue weighted by molar-refractivity contribution is -0.137. The van der Waals surface area contributed by atoms with Crippen molar-refractivity contribution in [2.45, 2.75) is 25.7 Å². The summed E-state index contributed by atoms with van der Waals surface area (Å²) in [4.78, 5) is 34.1. The quantitative estimate of drug-likeness (QED) is 0.520. The van der Waals surface area contributed by atoms with Gasteiger partial charge in [0.25, 0.3) is 0 Å². The molecule has 2 aromatic heterocycles. The molecule has 0 bridgehead atoms.